The van der Waals surface area contributed by atoms with Gasteiger partial charge in [0.05, 0.1) is 10.7 Å². The van der Waals surface area contributed by atoms with Gasteiger partial charge in [-0.15, -0.1) is 0 Å². The van der Waals surface area contributed by atoms with E-state index in [1.165, 1.54) is 0 Å². The second-order valence-corrected chi connectivity index (χ2v) is 6.59. The third kappa shape index (κ3) is 2.67. The van der Waals surface area contributed by atoms with E-state index in [4.69, 9.17) is 5.73 Å². The van der Waals surface area contributed by atoms with Gasteiger partial charge >= 0.3 is 0 Å². The van der Waals surface area contributed by atoms with Crippen molar-refractivity contribution < 1.29 is 4.79 Å². The number of hydrogen-bond acceptors (Lipinski definition) is 3. The highest BCUT2D eigenvalue weighted by Gasteiger charge is 2.42. The molecule has 1 heterocycles. The van der Waals surface area contributed by atoms with E-state index in [2.05, 4.69) is 28.0 Å². The van der Waals surface area contributed by atoms with Crippen LogP contribution in [0.25, 0.3) is 0 Å². The second kappa shape index (κ2) is 5.13. The molecule has 18 heavy (non-hydrogen) atoms. The molecule has 0 unspecified atom stereocenters. The average molecular weight is 316 g/mol. The molecule has 0 saturated carbocycles. The number of hydrogen-bond donors (Lipinski definition) is 1. The first-order valence-electron chi connectivity index (χ1n) is 6.18. The fourth-order valence-corrected chi connectivity index (χ4v) is 2.03. The number of aryl methyl sites for hydroxylation is 1. The maximum Gasteiger partial charge on any atom is 0.189 e. The van der Waals surface area contributed by atoms with Crippen LogP contribution in [0.5, 0.6) is 0 Å². The molecule has 2 N–H and O–H groups in total. The minimum absolute atomic E-state index is 0.0211. The number of carbonyl (C=O) groups is 1. The molecule has 0 bridgehead atoms. The highest BCUT2D eigenvalue weighted by Crippen LogP contribution is 2.34. The fourth-order valence-electron chi connectivity index (χ4n) is 1.56. The van der Waals surface area contributed by atoms with Gasteiger partial charge in [0.25, 0.3) is 0 Å². The fraction of sp³-hybridized carbons (Fsp3) is 0.692. The molecule has 0 atom stereocenters. The summed E-state index contributed by atoms with van der Waals surface area (Å²) >= 11 is 3.40. The smallest absolute Gasteiger partial charge is 0.189 e. The molecule has 5 heteroatoms. The average Bonchev–Trinajstić information content (AvgIpc) is 2.58. The lowest BCUT2D eigenvalue weighted by molar-refractivity contribution is 0.0721. The molecule has 0 spiro atoms. The summed E-state index contributed by atoms with van der Waals surface area (Å²) in [6.07, 6.45) is 2.60. The van der Waals surface area contributed by atoms with Crippen LogP contribution in [0.3, 0.4) is 0 Å². The van der Waals surface area contributed by atoms with Crippen molar-refractivity contribution in [2.75, 3.05) is 0 Å². The summed E-state index contributed by atoms with van der Waals surface area (Å²) in [5, 5.41) is 4.23. The second-order valence-electron chi connectivity index (χ2n) is 5.74. The van der Waals surface area contributed by atoms with Crippen LogP contribution in [0.15, 0.2) is 10.7 Å². The van der Waals surface area contributed by atoms with Gasteiger partial charge in [0.15, 0.2) is 5.78 Å². The van der Waals surface area contributed by atoms with Crippen LogP contribution in [0.2, 0.25) is 0 Å². The zero-order valence-corrected chi connectivity index (χ0v) is 13.3. The Morgan fingerprint density at radius 2 is 2.00 bits per heavy atom. The molecule has 1 rings (SSSR count). The van der Waals surface area contributed by atoms with Gasteiger partial charge in [-0.05, 0) is 36.2 Å². The Kier molecular flexibility index (Phi) is 4.38. The summed E-state index contributed by atoms with van der Waals surface area (Å²) in [6, 6.07) is 0. The number of Topliss-reactive ketones (excluding diaryl/α,β-unsaturated/α-hetero) is 1. The lowest BCUT2D eigenvalue weighted by Gasteiger charge is -2.37. The molecular weight excluding hydrogens is 294 g/mol. The number of halogens is 1. The lowest BCUT2D eigenvalue weighted by atomic mass is 9.71. The Hall–Kier alpha value is -0.680. The van der Waals surface area contributed by atoms with E-state index in [1.54, 1.807) is 10.9 Å². The summed E-state index contributed by atoms with van der Waals surface area (Å²) in [5.74, 6) is 0.0211. The number of nitrogens with two attached hydrogens (primary N) is 1. The molecule has 4 nitrogen and oxygen atoms in total. The van der Waals surface area contributed by atoms with Crippen molar-refractivity contribution in [1.29, 1.82) is 0 Å². The van der Waals surface area contributed by atoms with Gasteiger partial charge in [-0.2, -0.15) is 5.10 Å². The van der Waals surface area contributed by atoms with Gasteiger partial charge < -0.3 is 5.73 Å². The first-order valence-corrected chi connectivity index (χ1v) is 6.97. The lowest BCUT2D eigenvalue weighted by Crippen LogP contribution is -2.52. The van der Waals surface area contributed by atoms with E-state index in [9.17, 15) is 4.79 Å². The predicted molar refractivity (Wildman–Crippen MR) is 76.6 cm³/mol. The van der Waals surface area contributed by atoms with Gasteiger partial charge in [0.1, 0.15) is 5.69 Å². The van der Waals surface area contributed by atoms with Crippen molar-refractivity contribution in [2.24, 2.45) is 11.1 Å². The van der Waals surface area contributed by atoms with E-state index in [0.717, 1.165) is 17.4 Å². The molecule has 0 radical (unpaired) electrons. The van der Waals surface area contributed by atoms with Crippen molar-refractivity contribution in [3.05, 3.63) is 16.4 Å². The Bertz CT molecular complexity index is 444. The molecule has 0 aliphatic heterocycles. The molecule has 1 aromatic rings. The van der Waals surface area contributed by atoms with Crippen LogP contribution >= 0.6 is 15.9 Å². The Morgan fingerprint density at radius 3 is 2.44 bits per heavy atom. The first-order chi connectivity index (χ1) is 8.13. The highest BCUT2D eigenvalue weighted by molar-refractivity contribution is 9.10. The van der Waals surface area contributed by atoms with Gasteiger partial charge in [-0.1, -0.05) is 20.8 Å². The molecule has 0 aromatic carbocycles. The van der Waals surface area contributed by atoms with Gasteiger partial charge in [-0.25, -0.2) is 0 Å². The Balaban J connectivity index is 3.23. The summed E-state index contributed by atoms with van der Waals surface area (Å²) in [7, 11) is 0. The highest BCUT2D eigenvalue weighted by atomic mass is 79.9. The van der Waals surface area contributed by atoms with Crippen molar-refractivity contribution >= 4 is 21.7 Å². The molecule has 0 amide bonds. The minimum atomic E-state index is -0.652. The summed E-state index contributed by atoms with van der Waals surface area (Å²) in [5.41, 5.74) is 5.50. The van der Waals surface area contributed by atoms with Crippen LogP contribution in [-0.4, -0.2) is 21.1 Å². The first kappa shape index (κ1) is 15.4. The summed E-state index contributed by atoms with van der Waals surface area (Å²) in [4.78, 5) is 12.7. The van der Waals surface area contributed by atoms with Gasteiger partial charge in [-0.3, -0.25) is 9.48 Å². The molecule has 102 valence electrons. The normalized spacial score (nSPS) is 12.8. The number of rotatable bonds is 5. The van der Waals surface area contributed by atoms with Crippen LogP contribution in [0, 0.1) is 5.41 Å². The third-order valence-electron chi connectivity index (χ3n) is 3.62. The standard InChI is InChI=1S/C13H22BrN3O/c1-6-7-17-10(9(14)8-16-17)11(18)12(2,3)13(4,5)15/h8H,6-7,15H2,1-5H3. The van der Waals surface area contributed by atoms with Crippen LogP contribution in [-0.2, 0) is 6.54 Å². The van der Waals surface area contributed by atoms with Gasteiger partial charge in [0, 0.05) is 17.5 Å². The monoisotopic (exact) mass is 315 g/mol. The minimum Gasteiger partial charge on any atom is -0.325 e. The van der Waals surface area contributed by atoms with E-state index in [1.807, 2.05) is 27.7 Å². The van der Waals surface area contributed by atoms with Crippen molar-refractivity contribution in [3.63, 3.8) is 0 Å². The summed E-state index contributed by atoms with van der Waals surface area (Å²) in [6.45, 7) is 10.3. The molecule has 0 aliphatic rings. The number of nitrogens with zero attached hydrogens (tertiary/aromatic N) is 2. The zero-order chi connectivity index (χ0) is 14.1. The maximum atomic E-state index is 12.7. The van der Waals surface area contributed by atoms with Crippen molar-refractivity contribution in [2.45, 2.75) is 53.1 Å². The SMILES string of the molecule is CCCn1ncc(Br)c1C(=O)C(C)(C)C(C)(C)N. The molecular formula is C13H22BrN3O. The van der Waals surface area contributed by atoms with E-state index in [-0.39, 0.29) is 5.78 Å². The van der Waals surface area contributed by atoms with Crippen LogP contribution in [0.1, 0.15) is 51.5 Å². The maximum absolute atomic E-state index is 12.7. The van der Waals surface area contributed by atoms with Crippen LogP contribution < -0.4 is 5.73 Å². The van der Waals surface area contributed by atoms with Gasteiger partial charge in [0.2, 0.25) is 0 Å². The number of ketones is 1. The van der Waals surface area contributed by atoms with E-state index in [0.29, 0.717) is 5.69 Å². The topological polar surface area (TPSA) is 60.9 Å². The summed E-state index contributed by atoms with van der Waals surface area (Å²) < 4.78 is 2.48. The molecule has 0 saturated heterocycles. The molecule has 0 fully saturated rings. The third-order valence-corrected chi connectivity index (χ3v) is 4.20. The van der Waals surface area contributed by atoms with E-state index >= 15 is 0 Å². The largest absolute Gasteiger partial charge is 0.325 e. The Morgan fingerprint density at radius 1 is 1.44 bits per heavy atom. The number of carbonyl (C=O) groups excluding carboxylic acids is 1. The number of aromatic nitrogens is 2. The van der Waals surface area contributed by atoms with E-state index < -0.39 is 11.0 Å². The Labute approximate surface area is 117 Å². The molecule has 0 aliphatic carbocycles. The van der Waals surface area contributed by atoms with Crippen molar-refractivity contribution in [3.8, 4) is 0 Å². The predicted octanol–water partition coefficient (Wildman–Crippen LogP) is 3.00. The van der Waals surface area contributed by atoms with Crippen molar-refractivity contribution in [1.82, 2.24) is 9.78 Å². The quantitative estimate of drug-likeness (QED) is 0.850. The zero-order valence-electron chi connectivity index (χ0n) is 11.7. The molecule has 1 aromatic heterocycles. The van der Waals surface area contributed by atoms with Crippen LogP contribution in [0.4, 0.5) is 0 Å².